The number of hydrogen-bond donors (Lipinski definition) is 2. The average Bonchev–Trinajstić information content (AvgIpc) is 2.73. The summed E-state index contributed by atoms with van der Waals surface area (Å²) in [6.45, 7) is 6.77. The van der Waals surface area contributed by atoms with Gasteiger partial charge in [0.05, 0.1) is 40.6 Å². The Bertz CT molecular complexity index is 882. The Labute approximate surface area is 182 Å². The molecule has 2 aromatic rings. The smallest absolute Gasteiger partial charge is 0.121 e. The molecule has 6 nitrogen and oxygen atoms in total. The van der Waals surface area contributed by atoms with Gasteiger partial charge in [-0.05, 0) is 43.7 Å². The summed E-state index contributed by atoms with van der Waals surface area (Å²) >= 11 is 6.50. The van der Waals surface area contributed by atoms with Crippen LogP contribution < -0.4 is 9.64 Å². The summed E-state index contributed by atoms with van der Waals surface area (Å²) in [7, 11) is 0. The zero-order valence-corrected chi connectivity index (χ0v) is 18.1. The number of nitrogens with zero attached hydrogens (tertiary/aromatic N) is 3. The van der Waals surface area contributed by atoms with Crippen LogP contribution in [-0.2, 0) is 0 Å². The fourth-order valence-corrected chi connectivity index (χ4v) is 3.87. The van der Waals surface area contributed by atoms with Gasteiger partial charge in [0.25, 0.3) is 0 Å². The molecule has 7 heteroatoms. The Balaban J connectivity index is 1.62. The number of rotatable bonds is 7. The van der Waals surface area contributed by atoms with Crippen LogP contribution >= 0.6 is 11.6 Å². The van der Waals surface area contributed by atoms with Crippen LogP contribution in [0.1, 0.15) is 31.0 Å². The highest BCUT2D eigenvalue weighted by molar-refractivity contribution is 6.33. The third-order valence-electron chi connectivity index (χ3n) is 5.20. The fourth-order valence-electron chi connectivity index (χ4n) is 3.58. The van der Waals surface area contributed by atoms with Crippen molar-refractivity contribution in [3.63, 3.8) is 0 Å². The second-order valence-electron chi connectivity index (χ2n) is 8.17. The molecule has 1 unspecified atom stereocenters. The fraction of sp³-hybridized carbons (Fsp3) is 0.435. The summed E-state index contributed by atoms with van der Waals surface area (Å²) in [6.07, 6.45) is 0. The van der Waals surface area contributed by atoms with Gasteiger partial charge in [-0.3, -0.25) is 4.90 Å². The SMILES string of the molecule is CC(C)(O)COc1ccc(N2CCN(C(CO)c3ccc(C#N)cc3)CC2)c(Cl)c1. The Morgan fingerprint density at radius 2 is 1.80 bits per heavy atom. The number of aliphatic hydroxyl groups is 2. The number of ether oxygens (including phenoxy) is 1. The summed E-state index contributed by atoms with van der Waals surface area (Å²) < 4.78 is 5.61. The monoisotopic (exact) mass is 429 g/mol. The van der Waals surface area contributed by atoms with Gasteiger partial charge in [0, 0.05) is 32.2 Å². The van der Waals surface area contributed by atoms with E-state index in [9.17, 15) is 10.2 Å². The van der Waals surface area contributed by atoms with Gasteiger partial charge in [0.15, 0.2) is 0 Å². The third kappa shape index (κ3) is 5.65. The molecule has 3 rings (SSSR count). The lowest BCUT2D eigenvalue weighted by Gasteiger charge is -2.40. The van der Waals surface area contributed by atoms with Crippen molar-refractivity contribution in [2.75, 3.05) is 44.3 Å². The molecule has 1 saturated heterocycles. The van der Waals surface area contributed by atoms with E-state index in [4.69, 9.17) is 21.6 Å². The van der Waals surface area contributed by atoms with Crippen LogP contribution in [0.2, 0.25) is 5.02 Å². The number of nitriles is 1. The van der Waals surface area contributed by atoms with Crippen LogP contribution in [0.15, 0.2) is 42.5 Å². The van der Waals surface area contributed by atoms with Gasteiger partial charge in [-0.25, -0.2) is 0 Å². The van der Waals surface area contributed by atoms with Crippen molar-refractivity contribution in [1.82, 2.24) is 4.90 Å². The first kappa shape index (κ1) is 22.4. The molecule has 1 heterocycles. The highest BCUT2D eigenvalue weighted by Crippen LogP contribution is 2.32. The van der Waals surface area contributed by atoms with Crippen LogP contribution in [0, 0.1) is 11.3 Å². The lowest BCUT2D eigenvalue weighted by molar-refractivity contribution is 0.0285. The number of benzene rings is 2. The first-order valence-corrected chi connectivity index (χ1v) is 10.4. The van der Waals surface area contributed by atoms with Crippen molar-refractivity contribution in [3.8, 4) is 11.8 Å². The molecule has 0 amide bonds. The van der Waals surface area contributed by atoms with Crippen molar-refractivity contribution in [1.29, 1.82) is 5.26 Å². The molecule has 1 fully saturated rings. The molecule has 0 aromatic heterocycles. The van der Waals surface area contributed by atoms with Gasteiger partial charge in [0.1, 0.15) is 12.4 Å². The number of hydrogen-bond acceptors (Lipinski definition) is 6. The lowest BCUT2D eigenvalue weighted by atomic mass is 10.0. The first-order chi connectivity index (χ1) is 14.3. The lowest BCUT2D eigenvalue weighted by Crippen LogP contribution is -2.48. The molecule has 0 spiro atoms. The zero-order chi connectivity index (χ0) is 21.7. The van der Waals surface area contributed by atoms with Gasteiger partial charge >= 0.3 is 0 Å². The van der Waals surface area contributed by atoms with E-state index in [0.29, 0.717) is 16.3 Å². The predicted molar refractivity (Wildman–Crippen MR) is 118 cm³/mol. The molecule has 0 saturated carbocycles. The Kier molecular flexibility index (Phi) is 7.22. The second kappa shape index (κ2) is 9.67. The largest absolute Gasteiger partial charge is 0.491 e. The van der Waals surface area contributed by atoms with Gasteiger partial charge in [-0.2, -0.15) is 5.26 Å². The zero-order valence-electron chi connectivity index (χ0n) is 17.4. The van der Waals surface area contributed by atoms with E-state index in [0.717, 1.165) is 37.4 Å². The van der Waals surface area contributed by atoms with E-state index in [1.54, 1.807) is 32.0 Å². The van der Waals surface area contributed by atoms with Crippen molar-refractivity contribution in [3.05, 3.63) is 58.6 Å². The Morgan fingerprint density at radius 3 is 2.33 bits per heavy atom. The highest BCUT2D eigenvalue weighted by Gasteiger charge is 2.25. The van der Waals surface area contributed by atoms with Crippen LogP contribution in [0.25, 0.3) is 0 Å². The molecule has 1 atom stereocenters. The van der Waals surface area contributed by atoms with Gasteiger partial charge < -0.3 is 19.8 Å². The predicted octanol–water partition coefficient (Wildman–Crippen LogP) is 3.22. The molecule has 30 heavy (non-hydrogen) atoms. The maximum atomic E-state index is 9.95. The van der Waals surface area contributed by atoms with Crippen LogP contribution in [-0.4, -0.2) is 60.1 Å². The number of anilines is 1. The summed E-state index contributed by atoms with van der Waals surface area (Å²) in [4.78, 5) is 4.48. The van der Waals surface area contributed by atoms with Crippen LogP contribution in [0.3, 0.4) is 0 Å². The molecule has 0 aliphatic carbocycles. The minimum absolute atomic E-state index is 0.0277. The molecule has 0 radical (unpaired) electrons. The first-order valence-electron chi connectivity index (χ1n) is 10.1. The summed E-state index contributed by atoms with van der Waals surface area (Å²) in [6, 6.07) is 15.0. The van der Waals surface area contributed by atoms with E-state index < -0.39 is 5.60 Å². The summed E-state index contributed by atoms with van der Waals surface area (Å²) in [5, 5.41) is 29.3. The number of halogens is 1. The third-order valence-corrected chi connectivity index (χ3v) is 5.51. The number of aliphatic hydroxyl groups excluding tert-OH is 1. The van der Waals surface area contributed by atoms with E-state index in [-0.39, 0.29) is 19.3 Å². The molecule has 160 valence electrons. The van der Waals surface area contributed by atoms with E-state index >= 15 is 0 Å². The Morgan fingerprint density at radius 1 is 1.13 bits per heavy atom. The molecule has 1 aliphatic heterocycles. The quantitative estimate of drug-likeness (QED) is 0.703. The van der Waals surface area contributed by atoms with Crippen LogP contribution in [0.4, 0.5) is 5.69 Å². The maximum absolute atomic E-state index is 9.95. The minimum atomic E-state index is -0.903. The summed E-state index contributed by atoms with van der Waals surface area (Å²) in [5.41, 5.74) is 1.67. The van der Waals surface area contributed by atoms with Gasteiger partial charge in [-0.15, -0.1) is 0 Å². The normalized spacial score (nSPS) is 16.2. The summed E-state index contributed by atoms with van der Waals surface area (Å²) in [5.74, 6) is 0.630. The number of piperazine rings is 1. The van der Waals surface area contributed by atoms with E-state index in [1.165, 1.54) is 0 Å². The molecular weight excluding hydrogens is 402 g/mol. The maximum Gasteiger partial charge on any atom is 0.121 e. The second-order valence-corrected chi connectivity index (χ2v) is 8.58. The molecule has 2 N–H and O–H groups in total. The van der Waals surface area contributed by atoms with E-state index in [2.05, 4.69) is 15.9 Å². The Hall–Kier alpha value is -2.30. The van der Waals surface area contributed by atoms with Gasteiger partial charge in [-0.1, -0.05) is 23.7 Å². The van der Waals surface area contributed by atoms with Crippen molar-refractivity contribution in [2.45, 2.75) is 25.5 Å². The van der Waals surface area contributed by atoms with Crippen molar-refractivity contribution in [2.24, 2.45) is 0 Å². The van der Waals surface area contributed by atoms with Crippen molar-refractivity contribution < 1.29 is 14.9 Å². The van der Waals surface area contributed by atoms with Crippen molar-refractivity contribution >= 4 is 17.3 Å². The van der Waals surface area contributed by atoms with Gasteiger partial charge in [0.2, 0.25) is 0 Å². The van der Waals surface area contributed by atoms with Crippen LogP contribution in [0.5, 0.6) is 5.75 Å². The molecule has 1 aliphatic rings. The average molecular weight is 430 g/mol. The molecule has 2 aromatic carbocycles. The van der Waals surface area contributed by atoms with E-state index in [1.807, 2.05) is 24.3 Å². The topological polar surface area (TPSA) is 80.0 Å². The minimum Gasteiger partial charge on any atom is -0.491 e. The standard InChI is InChI=1S/C23H28ClN3O3/c1-23(2,29)16-30-19-7-8-21(20(24)13-19)26-9-11-27(12-10-26)22(15-28)18-5-3-17(14-25)4-6-18/h3-8,13,22,28-29H,9-12,15-16H2,1-2H3. The molecular formula is C23H28ClN3O3. The molecule has 0 bridgehead atoms. The highest BCUT2D eigenvalue weighted by atomic mass is 35.5.